The van der Waals surface area contributed by atoms with Gasteiger partial charge in [0.1, 0.15) is 15.7 Å². The van der Waals surface area contributed by atoms with Crippen LogP contribution in [0.5, 0.6) is 0 Å². The van der Waals surface area contributed by atoms with Crippen molar-refractivity contribution in [3.63, 3.8) is 0 Å². The summed E-state index contributed by atoms with van der Waals surface area (Å²) in [4.78, 5) is 40.5. The van der Waals surface area contributed by atoms with Crippen molar-refractivity contribution in [1.82, 2.24) is 9.47 Å². The normalized spacial score (nSPS) is 15.5. The van der Waals surface area contributed by atoms with Gasteiger partial charge in [0, 0.05) is 43.8 Å². The van der Waals surface area contributed by atoms with Crippen LogP contribution in [-0.4, -0.2) is 62.7 Å². The van der Waals surface area contributed by atoms with Gasteiger partial charge in [0.25, 0.3) is 0 Å². The van der Waals surface area contributed by atoms with Gasteiger partial charge in [-0.1, -0.05) is 47.7 Å². The third kappa shape index (κ3) is 5.50. The minimum absolute atomic E-state index is 0.0735. The standard InChI is InChI=1S/C26H24ClFN4O4S2/c27-18-3-1-2-4-20(18)29-23(33)14-38-26(37)31-9-7-30(8-10-31)22-12-21-16(11-19(22)28)24(34)17(25(35)36)13-32(21)15-5-6-15/h1-4,11-13,15H,5-10,14H2,(H,29,33)(H,35,36). The number of nitrogens with one attached hydrogen (secondary N) is 1. The SMILES string of the molecule is O=C(CSC(=S)N1CCN(c2cc3c(cc2F)c(=O)c(C(=O)O)cn3C2CC2)CC1)Nc1ccccc1Cl. The first-order chi connectivity index (χ1) is 18.2. The molecule has 2 aliphatic rings. The van der Waals surface area contributed by atoms with Crippen molar-refractivity contribution in [3.05, 3.63) is 69.2 Å². The maximum atomic E-state index is 15.2. The van der Waals surface area contributed by atoms with E-state index in [1.54, 1.807) is 34.9 Å². The van der Waals surface area contributed by atoms with Crippen LogP contribution in [0.25, 0.3) is 10.9 Å². The van der Waals surface area contributed by atoms with Crippen molar-refractivity contribution in [3.8, 4) is 0 Å². The Morgan fingerprint density at radius 2 is 1.87 bits per heavy atom. The van der Waals surface area contributed by atoms with E-state index in [1.165, 1.54) is 18.0 Å². The molecule has 3 aromatic rings. The number of aromatic carboxylic acids is 1. The van der Waals surface area contributed by atoms with Crippen LogP contribution in [0.4, 0.5) is 15.8 Å². The Hall–Kier alpha value is -3.15. The van der Waals surface area contributed by atoms with Gasteiger partial charge >= 0.3 is 5.97 Å². The van der Waals surface area contributed by atoms with E-state index >= 15 is 4.39 Å². The average Bonchev–Trinajstić information content (AvgIpc) is 3.74. The minimum Gasteiger partial charge on any atom is -0.477 e. The predicted molar refractivity (Wildman–Crippen MR) is 152 cm³/mol. The molecule has 2 fully saturated rings. The topological polar surface area (TPSA) is 94.9 Å². The highest BCUT2D eigenvalue weighted by Gasteiger charge is 2.29. The molecule has 1 aliphatic heterocycles. The predicted octanol–water partition coefficient (Wildman–Crippen LogP) is 4.61. The molecule has 198 valence electrons. The molecular weight excluding hydrogens is 551 g/mol. The number of nitrogens with zero attached hydrogens (tertiary/aromatic N) is 3. The van der Waals surface area contributed by atoms with E-state index in [2.05, 4.69) is 5.32 Å². The van der Waals surface area contributed by atoms with Crippen LogP contribution < -0.4 is 15.6 Å². The second-order valence-corrected chi connectivity index (χ2v) is 11.2. The van der Waals surface area contributed by atoms with Crippen LogP contribution in [0.3, 0.4) is 0 Å². The molecule has 0 bridgehead atoms. The highest BCUT2D eigenvalue weighted by Crippen LogP contribution is 2.38. The van der Waals surface area contributed by atoms with Crippen molar-refractivity contribution < 1.29 is 19.1 Å². The van der Waals surface area contributed by atoms with E-state index in [1.807, 2.05) is 9.80 Å². The lowest BCUT2D eigenvalue weighted by atomic mass is 10.1. The van der Waals surface area contributed by atoms with Crippen molar-refractivity contribution in [2.24, 2.45) is 0 Å². The van der Waals surface area contributed by atoms with Crippen molar-refractivity contribution in [2.75, 3.05) is 42.1 Å². The molecule has 1 saturated heterocycles. The van der Waals surface area contributed by atoms with E-state index in [9.17, 15) is 19.5 Å². The number of halogens is 2. The number of piperazine rings is 1. The minimum atomic E-state index is -1.32. The molecule has 2 N–H and O–H groups in total. The zero-order chi connectivity index (χ0) is 27.0. The summed E-state index contributed by atoms with van der Waals surface area (Å²) < 4.78 is 17.6. The molecule has 1 amide bonds. The molecule has 5 rings (SSSR count). The number of hydrogen-bond donors (Lipinski definition) is 2. The Labute approximate surface area is 232 Å². The number of anilines is 2. The number of fused-ring (bicyclic) bond motifs is 1. The summed E-state index contributed by atoms with van der Waals surface area (Å²) >= 11 is 12.9. The number of amides is 1. The number of carbonyl (C=O) groups excluding carboxylic acids is 1. The molecule has 2 aromatic carbocycles. The molecule has 1 aromatic heterocycles. The van der Waals surface area contributed by atoms with Crippen LogP contribution in [0.1, 0.15) is 29.2 Å². The highest BCUT2D eigenvalue weighted by molar-refractivity contribution is 8.23. The molecule has 8 nitrogen and oxygen atoms in total. The van der Waals surface area contributed by atoms with E-state index in [-0.39, 0.29) is 28.7 Å². The first-order valence-electron chi connectivity index (χ1n) is 12.1. The van der Waals surface area contributed by atoms with Crippen LogP contribution in [0.15, 0.2) is 47.4 Å². The molecule has 1 aliphatic carbocycles. The maximum absolute atomic E-state index is 15.2. The van der Waals surface area contributed by atoms with Gasteiger partial charge in [0.15, 0.2) is 0 Å². The number of carboxylic acid groups (broad SMARTS) is 1. The average molecular weight is 575 g/mol. The largest absolute Gasteiger partial charge is 0.477 e. The fourth-order valence-electron chi connectivity index (χ4n) is 4.51. The van der Waals surface area contributed by atoms with Crippen LogP contribution in [0, 0.1) is 5.82 Å². The van der Waals surface area contributed by atoms with Crippen LogP contribution >= 0.6 is 35.6 Å². The maximum Gasteiger partial charge on any atom is 0.341 e. The number of aromatic nitrogens is 1. The molecule has 1 saturated carbocycles. The Bertz CT molecular complexity index is 1500. The van der Waals surface area contributed by atoms with E-state index in [4.69, 9.17) is 23.8 Å². The fourth-order valence-corrected chi connectivity index (χ4v) is 5.74. The number of para-hydroxylation sites is 1. The number of rotatable bonds is 6. The number of benzene rings is 2. The zero-order valence-electron chi connectivity index (χ0n) is 20.2. The fraction of sp³-hybridized carbons (Fsp3) is 0.308. The highest BCUT2D eigenvalue weighted by atomic mass is 35.5. The lowest BCUT2D eigenvalue weighted by Crippen LogP contribution is -2.48. The van der Waals surface area contributed by atoms with E-state index in [0.29, 0.717) is 52.4 Å². The van der Waals surface area contributed by atoms with Gasteiger partial charge in [-0.2, -0.15) is 0 Å². The molecule has 0 spiro atoms. The lowest BCUT2D eigenvalue weighted by molar-refractivity contribution is -0.113. The number of thiocarbonyl (C=S) groups is 1. The number of pyridine rings is 1. The Balaban J connectivity index is 1.25. The molecule has 0 unspecified atom stereocenters. The van der Waals surface area contributed by atoms with Gasteiger partial charge in [-0.25, -0.2) is 9.18 Å². The van der Waals surface area contributed by atoms with Crippen molar-refractivity contribution in [2.45, 2.75) is 18.9 Å². The third-order valence-electron chi connectivity index (χ3n) is 6.62. The summed E-state index contributed by atoms with van der Waals surface area (Å²) in [6.45, 7) is 2.08. The first-order valence-corrected chi connectivity index (χ1v) is 13.8. The smallest absolute Gasteiger partial charge is 0.341 e. The number of carbonyl (C=O) groups is 2. The van der Waals surface area contributed by atoms with Crippen LogP contribution in [0.2, 0.25) is 5.02 Å². The Morgan fingerprint density at radius 3 is 2.53 bits per heavy atom. The van der Waals surface area contributed by atoms with Gasteiger partial charge in [0.2, 0.25) is 11.3 Å². The van der Waals surface area contributed by atoms with Gasteiger partial charge in [-0.15, -0.1) is 0 Å². The summed E-state index contributed by atoms with van der Waals surface area (Å²) in [7, 11) is 0. The monoisotopic (exact) mass is 574 g/mol. The van der Waals surface area contributed by atoms with Gasteiger partial charge in [0.05, 0.1) is 27.7 Å². The number of thioether (sulfide) groups is 1. The van der Waals surface area contributed by atoms with Gasteiger partial charge < -0.3 is 24.8 Å². The lowest BCUT2D eigenvalue weighted by Gasteiger charge is -2.37. The quantitative estimate of drug-likeness (QED) is 0.412. The second-order valence-electron chi connectivity index (χ2n) is 9.19. The third-order valence-corrected chi connectivity index (χ3v) is 8.48. The molecule has 38 heavy (non-hydrogen) atoms. The van der Waals surface area contributed by atoms with Crippen molar-refractivity contribution in [1.29, 1.82) is 0 Å². The first kappa shape index (κ1) is 26.5. The summed E-state index contributed by atoms with van der Waals surface area (Å²) in [5.74, 6) is -1.96. The molecule has 2 heterocycles. The summed E-state index contributed by atoms with van der Waals surface area (Å²) in [6.07, 6.45) is 3.14. The van der Waals surface area contributed by atoms with Gasteiger partial charge in [-0.3, -0.25) is 9.59 Å². The Morgan fingerprint density at radius 1 is 1.16 bits per heavy atom. The van der Waals surface area contributed by atoms with E-state index in [0.717, 1.165) is 18.9 Å². The summed E-state index contributed by atoms with van der Waals surface area (Å²) in [6, 6.07) is 9.91. The van der Waals surface area contributed by atoms with Crippen LogP contribution in [-0.2, 0) is 4.79 Å². The molecule has 12 heteroatoms. The summed E-state index contributed by atoms with van der Waals surface area (Å²) in [5.41, 5.74) is 0.420. The zero-order valence-corrected chi connectivity index (χ0v) is 22.5. The van der Waals surface area contributed by atoms with Gasteiger partial charge in [-0.05, 0) is 37.1 Å². The number of carboxylic acids is 1. The summed E-state index contributed by atoms with van der Waals surface area (Å²) in [5, 5.41) is 12.7. The van der Waals surface area contributed by atoms with Crippen molar-refractivity contribution >= 4 is 74.1 Å². The second kappa shape index (κ2) is 10.9. The number of hydrogen-bond acceptors (Lipinski definition) is 6. The Kier molecular flexibility index (Phi) is 7.60. The molecular formula is C26H24ClFN4O4S2. The van der Waals surface area contributed by atoms with E-state index < -0.39 is 17.2 Å². The molecule has 0 radical (unpaired) electrons. The molecule has 0 atom stereocenters.